The van der Waals surface area contributed by atoms with Gasteiger partial charge in [-0.3, -0.25) is 0 Å². The van der Waals surface area contributed by atoms with Gasteiger partial charge in [0.15, 0.2) is 0 Å². The van der Waals surface area contributed by atoms with Crippen molar-refractivity contribution in [2.45, 2.75) is 38.5 Å². The van der Waals surface area contributed by atoms with E-state index in [2.05, 4.69) is 215 Å². The Balaban J connectivity index is 1.05. The van der Waals surface area contributed by atoms with Crippen molar-refractivity contribution in [3.8, 4) is 44.5 Å². The fourth-order valence-corrected chi connectivity index (χ4v) is 11.2. The number of anilines is 3. The van der Waals surface area contributed by atoms with Gasteiger partial charge in [-0.05, 0) is 104 Å². The summed E-state index contributed by atoms with van der Waals surface area (Å²) in [5.74, 6) is 0. The van der Waals surface area contributed by atoms with E-state index < -0.39 is 0 Å². The third kappa shape index (κ3) is 5.08. The van der Waals surface area contributed by atoms with E-state index in [1.54, 1.807) is 0 Å². The van der Waals surface area contributed by atoms with Crippen LogP contribution in [0.3, 0.4) is 0 Å². The second-order valence-electron chi connectivity index (χ2n) is 18.4. The molecule has 0 atom stereocenters. The minimum absolute atomic E-state index is 0.148. The molecule has 2 aliphatic carbocycles. The molecule has 0 saturated carbocycles. The number of benzene rings is 9. The van der Waals surface area contributed by atoms with Crippen LogP contribution in [0.1, 0.15) is 49.9 Å². The molecule has 0 saturated heterocycles. The second kappa shape index (κ2) is 13.0. The van der Waals surface area contributed by atoms with Gasteiger partial charge < -0.3 is 13.7 Å². The zero-order valence-corrected chi connectivity index (χ0v) is 35.7. The van der Waals surface area contributed by atoms with E-state index in [1.807, 2.05) is 6.07 Å². The molecule has 0 bridgehead atoms. The topological polar surface area (TPSA) is 29.5 Å². The maximum atomic E-state index is 7.26. The Kier molecular flexibility index (Phi) is 7.42. The molecule has 300 valence electrons. The monoisotopic (exact) mass is 809 g/mol. The SMILES string of the molecule is CC1(C)c2ccccc2-c2ccc(-c3c4oc5cc(N(c6ccc7c(c6)C(C)(C)c6ccccc6-7)c6ccccc6-c6ccccc6)ccc5c4cc4oc5ccccc5c34)cc21. The van der Waals surface area contributed by atoms with Crippen LogP contribution in [0.25, 0.3) is 88.4 Å². The van der Waals surface area contributed by atoms with Gasteiger partial charge in [-0.1, -0.05) is 161 Å². The highest BCUT2D eigenvalue weighted by atomic mass is 16.3. The summed E-state index contributed by atoms with van der Waals surface area (Å²) >= 11 is 0. The third-order valence-electron chi connectivity index (χ3n) is 14.3. The summed E-state index contributed by atoms with van der Waals surface area (Å²) in [4.78, 5) is 2.41. The van der Waals surface area contributed by atoms with E-state index in [4.69, 9.17) is 8.83 Å². The molecule has 13 rings (SSSR count). The Labute approximate surface area is 366 Å². The Morgan fingerprint density at radius 3 is 1.71 bits per heavy atom. The highest BCUT2D eigenvalue weighted by Crippen LogP contribution is 2.54. The summed E-state index contributed by atoms with van der Waals surface area (Å²) in [6, 6.07) is 68.4. The Morgan fingerprint density at radius 2 is 0.952 bits per heavy atom. The number of rotatable bonds is 5. The smallest absolute Gasteiger partial charge is 0.144 e. The zero-order valence-electron chi connectivity index (χ0n) is 35.7. The predicted octanol–water partition coefficient (Wildman–Crippen LogP) is 16.9. The summed E-state index contributed by atoms with van der Waals surface area (Å²) in [6.07, 6.45) is 0. The van der Waals surface area contributed by atoms with Gasteiger partial charge in [0, 0.05) is 60.9 Å². The van der Waals surface area contributed by atoms with Crippen molar-refractivity contribution in [1.29, 1.82) is 0 Å². The lowest BCUT2D eigenvalue weighted by Gasteiger charge is -2.29. The van der Waals surface area contributed by atoms with E-state index in [0.717, 1.165) is 83.2 Å². The highest BCUT2D eigenvalue weighted by Gasteiger charge is 2.37. The van der Waals surface area contributed by atoms with E-state index >= 15 is 0 Å². The molecular formula is C60H43NO2. The van der Waals surface area contributed by atoms with Crippen LogP contribution in [0.5, 0.6) is 0 Å². The molecule has 0 fully saturated rings. The molecule has 2 aromatic heterocycles. The van der Waals surface area contributed by atoms with Crippen LogP contribution in [0.15, 0.2) is 197 Å². The van der Waals surface area contributed by atoms with Crippen molar-refractivity contribution in [3.63, 3.8) is 0 Å². The van der Waals surface area contributed by atoms with Gasteiger partial charge in [-0.25, -0.2) is 0 Å². The van der Waals surface area contributed by atoms with E-state index in [0.29, 0.717) is 0 Å². The largest absolute Gasteiger partial charge is 0.456 e. The van der Waals surface area contributed by atoms with Crippen LogP contribution in [-0.2, 0) is 10.8 Å². The number of fused-ring (bicyclic) bond motifs is 12. The third-order valence-corrected chi connectivity index (χ3v) is 14.3. The van der Waals surface area contributed by atoms with Crippen LogP contribution < -0.4 is 4.90 Å². The summed E-state index contributed by atoms with van der Waals surface area (Å²) in [6.45, 7) is 9.39. The molecule has 63 heavy (non-hydrogen) atoms. The van der Waals surface area contributed by atoms with Gasteiger partial charge in [-0.15, -0.1) is 0 Å². The van der Waals surface area contributed by atoms with Crippen LogP contribution in [0, 0.1) is 0 Å². The minimum atomic E-state index is -0.151. The first kappa shape index (κ1) is 36.1. The fraction of sp³-hybridized carbons (Fsp3) is 0.100. The molecule has 11 aromatic rings. The van der Waals surface area contributed by atoms with Gasteiger partial charge in [0.25, 0.3) is 0 Å². The highest BCUT2D eigenvalue weighted by molar-refractivity contribution is 6.23. The summed E-state index contributed by atoms with van der Waals surface area (Å²) in [7, 11) is 0. The minimum Gasteiger partial charge on any atom is -0.456 e. The number of hydrogen-bond donors (Lipinski definition) is 0. The average Bonchev–Trinajstić information content (AvgIpc) is 4.01. The van der Waals surface area contributed by atoms with E-state index in [1.165, 1.54) is 44.5 Å². The number of hydrogen-bond acceptors (Lipinski definition) is 3. The first-order valence-electron chi connectivity index (χ1n) is 22.0. The molecule has 0 amide bonds. The lowest BCUT2D eigenvalue weighted by Crippen LogP contribution is -2.16. The van der Waals surface area contributed by atoms with Crippen molar-refractivity contribution in [2.24, 2.45) is 0 Å². The van der Waals surface area contributed by atoms with Crippen molar-refractivity contribution >= 4 is 60.9 Å². The second-order valence-corrected chi connectivity index (χ2v) is 18.4. The molecule has 2 heterocycles. The van der Waals surface area contributed by atoms with E-state index in [-0.39, 0.29) is 10.8 Å². The average molecular weight is 810 g/mol. The Bertz CT molecular complexity index is 3690. The van der Waals surface area contributed by atoms with Gasteiger partial charge >= 0.3 is 0 Å². The summed E-state index contributed by atoms with van der Waals surface area (Å²) < 4.78 is 13.9. The van der Waals surface area contributed by atoms with Gasteiger partial charge in [0.05, 0.1) is 5.69 Å². The molecule has 0 aliphatic heterocycles. The van der Waals surface area contributed by atoms with Crippen LogP contribution in [-0.4, -0.2) is 0 Å². The molecule has 0 N–H and O–H groups in total. The maximum Gasteiger partial charge on any atom is 0.144 e. The number of nitrogens with zero attached hydrogens (tertiary/aromatic N) is 1. The fourth-order valence-electron chi connectivity index (χ4n) is 11.2. The normalized spacial score (nSPS) is 14.3. The molecule has 2 aliphatic rings. The first-order valence-corrected chi connectivity index (χ1v) is 22.0. The van der Waals surface area contributed by atoms with Crippen LogP contribution in [0.4, 0.5) is 17.1 Å². The van der Waals surface area contributed by atoms with Crippen molar-refractivity contribution in [1.82, 2.24) is 0 Å². The van der Waals surface area contributed by atoms with Gasteiger partial charge in [0.1, 0.15) is 22.3 Å². The van der Waals surface area contributed by atoms with Crippen molar-refractivity contribution in [3.05, 3.63) is 210 Å². The maximum absolute atomic E-state index is 7.26. The standard InChI is InChI=1S/C60H43NO2/c1-59(2)48-22-12-8-19-41(48)43-29-26-37(32-50(43)59)56-57-46-21-11-15-25-53(46)62-55(57)35-47-45-31-28-39(34-54(45)63-58(47)56)61(52-24-14-10-18-40(52)36-16-6-5-7-17-36)38-27-30-44-42-20-9-13-23-49(42)60(3,4)51(44)33-38/h5-35H,1-4H3. The van der Waals surface area contributed by atoms with Crippen LogP contribution in [0.2, 0.25) is 0 Å². The summed E-state index contributed by atoms with van der Waals surface area (Å²) in [5, 5.41) is 4.24. The molecule has 3 nitrogen and oxygen atoms in total. The van der Waals surface area contributed by atoms with Gasteiger partial charge in [-0.2, -0.15) is 0 Å². The zero-order chi connectivity index (χ0) is 42.2. The number of para-hydroxylation sites is 2. The first-order chi connectivity index (χ1) is 30.8. The van der Waals surface area contributed by atoms with Gasteiger partial charge in [0.2, 0.25) is 0 Å². The molecule has 9 aromatic carbocycles. The van der Waals surface area contributed by atoms with Crippen molar-refractivity contribution in [2.75, 3.05) is 4.90 Å². The van der Waals surface area contributed by atoms with Crippen LogP contribution >= 0.6 is 0 Å². The number of furan rings is 2. The molecule has 0 radical (unpaired) electrons. The summed E-state index contributed by atoms with van der Waals surface area (Å²) in [5.41, 5.74) is 21.4. The molecule has 3 heteroatoms. The Morgan fingerprint density at radius 1 is 0.365 bits per heavy atom. The predicted molar refractivity (Wildman–Crippen MR) is 262 cm³/mol. The lowest BCUT2D eigenvalue weighted by molar-refractivity contribution is 0.660. The molecular weight excluding hydrogens is 767 g/mol. The molecule has 0 spiro atoms. The quantitative estimate of drug-likeness (QED) is 0.173. The van der Waals surface area contributed by atoms with E-state index in [9.17, 15) is 0 Å². The molecule has 0 unspecified atom stereocenters. The van der Waals surface area contributed by atoms with Crippen molar-refractivity contribution < 1.29 is 8.83 Å². The lowest BCUT2D eigenvalue weighted by atomic mass is 9.81. The Hall–Kier alpha value is -7.62.